The van der Waals surface area contributed by atoms with Crippen LogP contribution in [0.25, 0.3) is 0 Å². The number of ether oxygens (including phenoxy) is 1. The summed E-state index contributed by atoms with van der Waals surface area (Å²) in [7, 11) is 0. The number of hydrogen-bond acceptors (Lipinski definition) is 2. The molecule has 0 aromatic rings. The number of hydrogen-bond donors (Lipinski definition) is 0. The molecule has 2 heterocycles. The fourth-order valence-corrected chi connectivity index (χ4v) is 2.37. The summed E-state index contributed by atoms with van der Waals surface area (Å²) in [6, 6.07) is 0. The average Bonchev–Trinajstić information content (AvgIpc) is 2.73. The number of carbonyl (C=O) groups excluding carboxylic acids is 1. The maximum atomic E-state index is 11.9. The minimum Gasteiger partial charge on any atom is -0.365 e. The molecular weight excluding hydrogens is 202 g/mol. The SMILES string of the molecule is CC1CCC(C(=O)N2CCC(Cl)C2)O1. The molecule has 2 aliphatic rings. The Bertz CT molecular complexity index is 212. The van der Waals surface area contributed by atoms with Crippen molar-refractivity contribution in [1.82, 2.24) is 4.90 Å². The minimum absolute atomic E-state index is 0.137. The normalized spacial score (nSPS) is 37.9. The summed E-state index contributed by atoms with van der Waals surface area (Å²) in [5.41, 5.74) is 0. The Hall–Kier alpha value is -0.280. The molecule has 3 nitrogen and oxygen atoms in total. The van der Waals surface area contributed by atoms with Gasteiger partial charge in [0.15, 0.2) is 0 Å². The van der Waals surface area contributed by atoms with Crippen molar-refractivity contribution in [3.63, 3.8) is 0 Å². The van der Waals surface area contributed by atoms with Gasteiger partial charge in [0.1, 0.15) is 6.10 Å². The van der Waals surface area contributed by atoms with Gasteiger partial charge in [0.2, 0.25) is 0 Å². The zero-order valence-corrected chi connectivity index (χ0v) is 9.17. The average molecular weight is 218 g/mol. The Kier molecular flexibility index (Phi) is 2.98. The van der Waals surface area contributed by atoms with Gasteiger partial charge in [-0.15, -0.1) is 11.6 Å². The van der Waals surface area contributed by atoms with Crippen LogP contribution in [-0.4, -0.2) is 41.5 Å². The highest BCUT2D eigenvalue weighted by Gasteiger charge is 2.34. The van der Waals surface area contributed by atoms with Crippen LogP contribution in [0.4, 0.5) is 0 Å². The van der Waals surface area contributed by atoms with Gasteiger partial charge in [-0.2, -0.15) is 0 Å². The lowest BCUT2D eigenvalue weighted by Gasteiger charge is -2.19. The molecule has 14 heavy (non-hydrogen) atoms. The molecule has 2 fully saturated rings. The number of halogens is 1. The van der Waals surface area contributed by atoms with E-state index in [1.807, 2.05) is 11.8 Å². The van der Waals surface area contributed by atoms with Gasteiger partial charge in [0.25, 0.3) is 5.91 Å². The lowest BCUT2D eigenvalue weighted by Crippen LogP contribution is -2.37. The molecule has 4 heteroatoms. The molecule has 0 radical (unpaired) electrons. The molecule has 0 aromatic heterocycles. The highest BCUT2D eigenvalue weighted by molar-refractivity contribution is 6.21. The van der Waals surface area contributed by atoms with Crippen molar-refractivity contribution in [1.29, 1.82) is 0 Å². The summed E-state index contributed by atoms with van der Waals surface area (Å²) in [6.07, 6.45) is 2.80. The van der Waals surface area contributed by atoms with Crippen molar-refractivity contribution in [3.05, 3.63) is 0 Å². The Morgan fingerprint density at radius 2 is 2.21 bits per heavy atom. The van der Waals surface area contributed by atoms with E-state index in [0.717, 1.165) is 25.8 Å². The van der Waals surface area contributed by atoms with E-state index in [1.54, 1.807) is 0 Å². The van der Waals surface area contributed by atoms with Crippen molar-refractivity contribution in [2.24, 2.45) is 0 Å². The van der Waals surface area contributed by atoms with Crippen LogP contribution >= 0.6 is 11.6 Å². The van der Waals surface area contributed by atoms with E-state index < -0.39 is 0 Å². The zero-order chi connectivity index (χ0) is 10.1. The van der Waals surface area contributed by atoms with Gasteiger partial charge in [-0.3, -0.25) is 4.79 Å². The summed E-state index contributed by atoms with van der Waals surface area (Å²) in [6.45, 7) is 3.50. The highest BCUT2D eigenvalue weighted by atomic mass is 35.5. The summed E-state index contributed by atoms with van der Waals surface area (Å²) < 4.78 is 5.54. The Morgan fingerprint density at radius 3 is 2.71 bits per heavy atom. The van der Waals surface area contributed by atoms with E-state index in [4.69, 9.17) is 16.3 Å². The van der Waals surface area contributed by atoms with E-state index in [-0.39, 0.29) is 23.5 Å². The van der Waals surface area contributed by atoms with Gasteiger partial charge < -0.3 is 9.64 Å². The van der Waals surface area contributed by atoms with Crippen LogP contribution in [0.3, 0.4) is 0 Å². The number of likely N-dealkylation sites (tertiary alicyclic amines) is 1. The monoisotopic (exact) mass is 217 g/mol. The van der Waals surface area contributed by atoms with E-state index in [1.165, 1.54) is 0 Å². The molecule has 80 valence electrons. The molecule has 2 saturated heterocycles. The van der Waals surface area contributed by atoms with Crippen molar-refractivity contribution < 1.29 is 9.53 Å². The number of carbonyl (C=O) groups is 1. The van der Waals surface area contributed by atoms with Crippen molar-refractivity contribution in [2.45, 2.75) is 43.8 Å². The van der Waals surface area contributed by atoms with E-state index in [0.29, 0.717) is 6.54 Å². The molecule has 2 rings (SSSR count). The molecule has 3 atom stereocenters. The van der Waals surface area contributed by atoms with Gasteiger partial charge in [-0.1, -0.05) is 0 Å². The minimum atomic E-state index is -0.202. The molecule has 0 N–H and O–H groups in total. The first-order chi connectivity index (χ1) is 6.66. The molecule has 3 unspecified atom stereocenters. The van der Waals surface area contributed by atoms with Gasteiger partial charge in [0, 0.05) is 13.1 Å². The van der Waals surface area contributed by atoms with Gasteiger partial charge in [-0.05, 0) is 26.2 Å². The van der Waals surface area contributed by atoms with Crippen molar-refractivity contribution >= 4 is 17.5 Å². The van der Waals surface area contributed by atoms with Crippen molar-refractivity contribution in [3.8, 4) is 0 Å². The third-order valence-electron chi connectivity index (χ3n) is 2.95. The van der Waals surface area contributed by atoms with Crippen LogP contribution in [0, 0.1) is 0 Å². The maximum Gasteiger partial charge on any atom is 0.251 e. The first-order valence-corrected chi connectivity index (χ1v) is 5.69. The third kappa shape index (κ3) is 2.04. The second-order valence-corrected chi connectivity index (χ2v) is 4.80. The molecule has 0 bridgehead atoms. The third-order valence-corrected chi connectivity index (χ3v) is 3.31. The second-order valence-electron chi connectivity index (χ2n) is 4.18. The topological polar surface area (TPSA) is 29.5 Å². The highest BCUT2D eigenvalue weighted by Crippen LogP contribution is 2.23. The molecule has 0 aromatic carbocycles. The van der Waals surface area contributed by atoms with Crippen LogP contribution < -0.4 is 0 Å². The Labute approximate surface area is 89.4 Å². The fraction of sp³-hybridized carbons (Fsp3) is 0.900. The first-order valence-electron chi connectivity index (χ1n) is 5.25. The van der Waals surface area contributed by atoms with Crippen LogP contribution in [-0.2, 0) is 9.53 Å². The predicted octanol–water partition coefficient (Wildman–Crippen LogP) is 1.39. The predicted molar refractivity (Wildman–Crippen MR) is 54.4 cm³/mol. The number of alkyl halides is 1. The Balaban J connectivity index is 1.89. The quantitative estimate of drug-likeness (QED) is 0.622. The molecule has 1 amide bonds. The first kappa shape index (κ1) is 10.2. The second kappa shape index (κ2) is 4.07. The standard InChI is InChI=1S/C10H16ClNO2/c1-7-2-3-9(14-7)10(13)12-5-4-8(11)6-12/h7-9H,2-6H2,1H3. The molecular formula is C10H16ClNO2. The molecule has 0 spiro atoms. The lowest BCUT2D eigenvalue weighted by atomic mass is 10.2. The summed E-state index contributed by atoms with van der Waals surface area (Å²) in [4.78, 5) is 13.7. The van der Waals surface area contributed by atoms with Crippen molar-refractivity contribution in [2.75, 3.05) is 13.1 Å². The van der Waals surface area contributed by atoms with E-state index in [2.05, 4.69) is 0 Å². The molecule has 2 aliphatic heterocycles. The van der Waals surface area contributed by atoms with Crippen LogP contribution in [0.5, 0.6) is 0 Å². The zero-order valence-electron chi connectivity index (χ0n) is 8.41. The lowest BCUT2D eigenvalue weighted by molar-refractivity contribution is -0.141. The smallest absolute Gasteiger partial charge is 0.251 e. The van der Waals surface area contributed by atoms with E-state index >= 15 is 0 Å². The van der Waals surface area contributed by atoms with E-state index in [9.17, 15) is 4.79 Å². The Morgan fingerprint density at radius 1 is 1.43 bits per heavy atom. The van der Waals surface area contributed by atoms with Gasteiger partial charge in [-0.25, -0.2) is 0 Å². The van der Waals surface area contributed by atoms with Gasteiger partial charge in [0.05, 0.1) is 11.5 Å². The largest absolute Gasteiger partial charge is 0.365 e. The van der Waals surface area contributed by atoms with Crippen LogP contribution in [0.15, 0.2) is 0 Å². The summed E-state index contributed by atoms with van der Waals surface area (Å²) >= 11 is 5.95. The molecule has 0 aliphatic carbocycles. The summed E-state index contributed by atoms with van der Waals surface area (Å²) in [5, 5.41) is 0.137. The van der Waals surface area contributed by atoms with Crippen LogP contribution in [0.1, 0.15) is 26.2 Å². The molecule has 0 saturated carbocycles. The maximum absolute atomic E-state index is 11.9. The number of rotatable bonds is 1. The van der Waals surface area contributed by atoms with Crippen LogP contribution in [0.2, 0.25) is 0 Å². The fourth-order valence-electron chi connectivity index (χ4n) is 2.11. The summed E-state index contributed by atoms with van der Waals surface area (Å²) in [5.74, 6) is 0.137. The number of amides is 1. The van der Waals surface area contributed by atoms with Gasteiger partial charge >= 0.3 is 0 Å². The number of nitrogens with zero attached hydrogens (tertiary/aromatic N) is 1.